The van der Waals surface area contributed by atoms with Crippen molar-refractivity contribution in [3.05, 3.63) is 65.2 Å². The van der Waals surface area contributed by atoms with Crippen LogP contribution in [0.25, 0.3) is 0 Å². The standard InChI is InChI=1S/C22H26ClN3O3/c23-18-8-6-7-17(13-18)20(26-11-4-5-12-26)14-24-21(27)15-25-22(28)16-29-19-9-2-1-3-10-19/h1-3,6-10,13,20H,4-5,11-12,14-16H2,(H,24,27)(H,25,28). The van der Waals surface area contributed by atoms with E-state index >= 15 is 0 Å². The van der Waals surface area contributed by atoms with Gasteiger partial charge in [0.25, 0.3) is 5.91 Å². The Hall–Kier alpha value is -2.57. The number of amides is 2. The Kier molecular flexibility index (Phi) is 7.90. The molecule has 0 saturated carbocycles. The zero-order chi connectivity index (χ0) is 20.5. The van der Waals surface area contributed by atoms with Gasteiger partial charge in [-0.1, -0.05) is 41.9 Å². The molecule has 1 unspecified atom stereocenters. The Balaban J connectivity index is 1.45. The molecule has 1 aliphatic heterocycles. The Labute approximate surface area is 176 Å². The third kappa shape index (κ3) is 6.76. The maximum Gasteiger partial charge on any atom is 0.258 e. The second-order valence-electron chi connectivity index (χ2n) is 7.00. The summed E-state index contributed by atoms with van der Waals surface area (Å²) in [6.07, 6.45) is 2.31. The highest BCUT2D eigenvalue weighted by Gasteiger charge is 2.24. The van der Waals surface area contributed by atoms with E-state index in [1.165, 1.54) is 0 Å². The Morgan fingerprint density at radius 1 is 1.00 bits per heavy atom. The normalized spacial score (nSPS) is 14.9. The summed E-state index contributed by atoms with van der Waals surface area (Å²) in [6.45, 7) is 2.26. The minimum absolute atomic E-state index is 0.0669. The molecule has 0 spiro atoms. The van der Waals surface area contributed by atoms with E-state index in [0.29, 0.717) is 17.3 Å². The van der Waals surface area contributed by atoms with Crippen molar-refractivity contribution in [1.82, 2.24) is 15.5 Å². The number of carbonyl (C=O) groups excluding carboxylic acids is 2. The molecule has 3 rings (SSSR count). The first-order chi connectivity index (χ1) is 14.1. The van der Waals surface area contributed by atoms with Crippen LogP contribution in [-0.4, -0.2) is 49.5 Å². The molecule has 1 aliphatic rings. The Morgan fingerprint density at radius 2 is 1.76 bits per heavy atom. The van der Waals surface area contributed by atoms with Gasteiger partial charge in [0.2, 0.25) is 5.91 Å². The van der Waals surface area contributed by atoms with E-state index < -0.39 is 0 Å². The number of halogens is 1. The van der Waals surface area contributed by atoms with Crippen molar-refractivity contribution in [3.63, 3.8) is 0 Å². The Bertz CT molecular complexity index is 810. The summed E-state index contributed by atoms with van der Waals surface area (Å²) in [5.74, 6) is 0.0429. The molecule has 2 aromatic rings. The second kappa shape index (κ2) is 10.8. The quantitative estimate of drug-likeness (QED) is 0.660. The lowest BCUT2D eigenvalue weighted by molar-refractivity contribution is -0.127. The zero-order valence-corrected chi connectivity index (χ0v) is 17.0. The van der Waals surface area contributed by atoms with Crippen LogP contribution >= 0.6 is 11.6 Å². The fraction of sp³-hybridized carbons (Fsp3) is 0.364. The van der Waals surface area contributed by atoms with Gasteiger partial charge < -0.3 is 15.4 Å². The summed E-state index contributed by atoms with van der Waals surface area (Å²) >= 11 is 6.15. The van der Waals surface area contributed by atoms with Gasteiger partial charge in [-0.3, -0.25) is 14.5 Å². The minimum Gasteiger partial charge on any atom is -0.484 e. The topological polar surface area (TPSA) is 70.7 Å². The second-order valence-corrected chi connectivity index (χ2v) is 7.43. The van der Waals surface area contributed by atoms with Crippen LogP contribution in [-0.2, 0) is 9.59 Å². The highest BCUT2D eigenvalue weighted by atomic mass is 35.5. The van der Waals surface area contributed by atoms with E-state index in [0.717, 1.165) is 31.5 Å². The van der Waals surface area contributed by atoms with Gasteiger partial charge in [-0.15, -0.1) is 0 Å². The van der Waals surface area contributed by atoms with Crippen LogP contribution in [0.1, 0.15) is 24.4 Å². The van der Waals surface area contributed by atoms with Crippen molar-refractivity contribution in [1.29, 1.82) is 0 Å². The molecule has 1 heterocycles. The first-order valence-corrected chi connectivity index (χ1v) is 10.2. The molecule has 29 heavy (non-hydrogen) atoms. The summed E-state index contributed by atoms with van der Waals surface area (Å²) in [5, 5.41) is 6.20. The number of nitrogens with one attached hydrogen (secondary N) is 2. The molecule has 0 bridgehead atoms. The number of benzene rings is 2. The molecule has 1 fully saturated rings. The van der Waals surface area contributed by atoms with E-state index in [4.69, 9.17) is 16.3 Å². The van der Waals surface area contributed by atoms with Gasteiger partial charge in [-0.25, -0.2) is 0 Å². The van der Waals surface area contributed by atoms with E-state index in [9.17, 15) is 9.59 Å². The third-order valence-electron chi connectivity index (χ3n) is 4.87. The molecule has 0 aromatic heterocycles. The summed E-state index contributed by atoms with van der Waals surface area (Å²) < 4.78 is 5.37. The van der Waals surface area contributed by atoms with Crippen molar-refractivity contribution in [2.45, 2.75) is 18.9 Å². The summed E-state index contributed by atoms with van der Waals surface area (Å²) in [6, 6.07) is 16.9. The van der Waals surface area contributed by atoms with Crippen LogP contribution in [0.15, 0.2) is 54.6 Å². The smallest absolute Gasteiger partial charge is 0.258 e. The van der Waals surface area contributed by atoms with Crippen LogP contribution in [0, 0.1) is 0 Å². The predicted octanol–water partition coefficient (Wildman–Crippen LogP) is 2.79. The lowest BCUT2D eigenvalue weighted by Gasteiger charge is -2.28. The average Bonchev–Trinajstić information content (AvgIpc) is 3.26. The molecular formula is C22H26ClN3O3. The number of hydrogen-bond donors (Lipinski definition) is 2. The fourth-order valence-corrected chi connectivity index (χ4v) is 3.59. The maximum atomic E-state index is 12.2. The molecule has 154 valence electrons. The largest absolute Gasteiger partial charge is 0.484 e. The molecule has 2 amide bonds. The SMILES string of the molecule is O=C(CNC(=O)COc1ccccc1)NCC(c1cccc(Cl)c1)N1CCCC1. The van der Waals surface area contributed by atoms with Crippen molar-refractivity contribution < 1.29 is 14.3 Å². The van der Waals surface area contributed by atoms with E-state index in [1.54, 1.807) is 12.1 Å². The van der Waals surface area contributed by atoms with Gasteiger partial charge in [-0.2, -0.15) is 0 Å². The van der Waals surface area contributed by atoms with Gasteiger partial charge in [-0.05, 0) is 55.8 Å². The van der Waals surface area contributed by atoms with Gasteiger partial charge in [0.05, 0.1) is 12.6 Å². The number of ether oxygens (including phenoxy) is 1. The van der Waals surface area contributed by atoms with E-state index in [1.807, 2.05) is 42.5 Å². The minimum atomic E-state index is -0.338. The van der Waals surface area contributed by atoms with Crippen molar-refractivity contribution in [2.24, 2.45) is 0 Å². The molecular weight excluding hydrogens is 390 g/mol. The van der Waals surface area contributed by atoms with Gasteiger partial charge in [0, 0.05) is 11.6 Å². The van der Waals surface area contributed by atoms with E-state index in [-0.39, 0.29) is 31.0 Å². The third-order valence-corrected chi connectivity index (χ3v) is 5.10. The molecule has 7 heteroatoms. The number of rotatable bonds is 9. The van der Waals surface area contributed by atoms with E-state index in [2.05, 4.69) is 15.5 Å². The number of carbonyl (C=O) groups is 2. The molecule has 0 aliphatic carbocycles. The number of likely N-dealkylation sites (tertiary alicyclic amines) is 1. The van der Waals surface area contributed by atoms with Crippen LogP contribution in [0.2, 0.25) is 5.02 Å². The van der Waals surface area contributed by atoms with Crippen LogP contribution in [0.4, 0.5) is 0 Å². The summed E-state index contributed by atoms with van der Waals surface area (Å²) in [5.41, 5.74) is 1.08. The zero-order valence-electron chi connectivity index (χ0n) is 16.3. The van der Waals surface area contributed by atoms with Gasteiger partial charge >= 0.3 is 0 Å². The van der Waals surface area contributed by atoms with Crippen molar-refractivity contribution >= 4 is 23.4 Å². The fourth-order valence-electron chi connectivity index (χ4n) is 3.39. The monoisotopic (exact) mass is 415 g/mol. The highest BCUT2D eigenvalue weighted by molar-refractivity contribution is 6.30. The maximum absolute atomic E-state index is 12.2. The Morgan fingerprint density at radius 3 is 2.48 bits per heavy atom. The highest BCUT2D eigenvalue weighted by Crippen LogP contribution is 2.26. The van der Waals surface area contributed by atoms with Crippen LogP contribution < -0.4 is 15.4 Å². The lowest BCUT2D eigenvalue weighted by atomic mass is 10.1. The molecule has 2 aromatic carbocycles. The van der Waals surface area contributed by atoms with Crippen molar-refractivity contribution in [2.75, 3.05) is 32.8 Å². The first kappa shape index (κ1) is 21.1. The first-order valence-electron chi connectivity index (χ1n) is 9.82. The van der Waals surface area contributed by atoms with Crippen molar-refractivity contribution in [3.8, 4) is 5.75 Å². The molecule has 1 saturated heterocycles. The molecule has 2 N–H and O–H groups in total. The lowest BCUT2D eigenvalue weighted by Crippen LogP contribution is -2.42. The average molecular weight is 416 g/mol. The van der Waals surface area contributed by atoms with Crippen LogP contribution in [0.5, 0.6) is 5.75 Å². The van der Waals surface area contributed by atoms with Gasteiger partial charge in [0.15, 0.2) is 6.61 Å². The van der Waals surface area contributed by atoms with Crippen LogP contribution in [0.3, 0.4) is 0 Å². The number of hydrogen-bond acceptors (Lipinski definition) is 4. The molecule has 0 radical (unpaired) electrons. The summed E-state index contributed by atoms with van der Waals surface area (Å²) in [7, 11) is 0. The number of nitrogens with zero attached hydrogens (tertiary/aromatic N) is 1. The summed E-state index contributed by atoms with van der Waals surface area (Å²) in [4.78, 5) is 26.5. The molecule has 1 atom stereocenters. The predicted molar refractivity (Wildman–Crippen MR) is 113 cm³/mol. The molecule has 6 nitrogen and oxygen atoms in total. The van der Waals surface area contributed by atoms with Gasteiger partial charge in [0.1, 0.15) is 5.75 Å². The number of para-hydroxylation sites is 1.